The Bertz CT molecular complexity index is 531. The van der Waals surface area contributed by atoms with Crippen LogP contribution in [-0.2, 0) is 14.4 Å². The molecule has 2 saturated heterocycles. The third kappa shape index (κ3) is 4.63. The van der Waals surface area contributed by atoms with Crippen molar-refractivity contribution in [2.75, 3.05) is 27.2 Å². The van der Waals surface area contributed by atoms with E-state index in [-0.39, 0.29) is 22.4 Å². The molecule has 10 heteroatoms. The average Bonchev–Trinajstić information content (AvgIpc) is 3.14. The van der Waals surface area contributed by atoms with Crippen LogP contribution in [0.1, 0.15) is 12.8 Å². The molecule has 9 nitrogen and oxygen atoms in total. The number of likely N-dealkylation sites (N-methyl/N-ethyl adjacent to an activating group) is 1. The molecule has 0 saturated carbocycles. The van der Waals surface area contributed by atoms with Gasteiger partial charge in [0.25, 0.3) is 0 Å². The highest BCUT2D eigenvalue weighted by Gasteiger charge is 2.45. The van der Waals surface area contributed by atoms with Gasteiger partial charge in [-0.05, 0) is 12.8 Å². The van der Waals surface area contributed by atoms with Gasteiger partial charge in [0.2, 0.25) is 5.91 Å². The van der Waals surface area contributed by atoms with Crippen LogP contribution in [0.3, 0.4) is 0 Å². The Morgan fingerprint density at radius 2 is 1.92 bits per heavy atom. The summed E-state index contributed by atoms with van der Waals surface area (Å²) in [5.74, 6) is -3.22. The Hall–Kier alpha value is -1.36. The van der Waals surface area contributed by atoms with Crippen molar-refractivity contribution in [3.05, 3.63) is 0 Å². The molecule has 2 rings (SSSR count). The van der Waals surface area contributed by atoms with Crippen LogP contribution in [0, 0.1) is 5.92 Å². The molecule has 5 N–H and O–H groups in total. The van der Waals surface area contributed by atoms with Crippen molar-refractivity contribution in [1.29, 1.82) is 0 Å². The van der Waals surface area contributed by atoms with Gasteiger partial charge in [-0.25, -0.2) is 0 Å². The van der Waals surface area contributed by atoms with E-state index in [4.69, 9.17) is 0 Å². The molecule has 142 valence electrons. The van der Waals surface area contributed by atoms with Gasteiger partial charge in [0.05, 0.1) is 18.6 Å². The molecular formula is C15H25N3O6S. The number of aliphatic hydroxyl groups excluding tert-OH is 1. The van der Waals surface area contributed by atoms with Crippen LogP contribution >= 0.6 is 11.8 Å². The number of nitrogens with zero attached hydrogens (tertiary/aromatic N) is 1. The van der Waals surface area contributed by atoms with Crippen LogP contribution in [0.2, 0.25) is 0 Å². The molecule has 0 aromatic heterocycles. The Morgan fingerprint density at radius 3 is 2.44 bits per heavy atom. The molecular weight excluding hydrogens is 350 g/mol. The first-order chi connectivity index (χ1) is 11.7. The summed E-state index contributed by atoms with van der Waals surface area (Å²) in [5, 5.41) is 33.6. The minimum atomic E-state index is -1.14. The second-order valence-corrected chi connectivity index (χ2v) is 8.22. The molecule has 2 heterocycles. The first-order valence-corrected chi connectivity index (χ1v) is 9.11. The van der Waals surface area contributed by atoms with Gasteiger partial charge < -0.3 is 25.5 Å². The summed E-state index contributed by atoms with van der Waals surface area (Å²) in [6, 6.07) is -1.73. The molecule has 0 radical (unpaired) electrons. The van der Waals surface area contributed by atoms with E-state index >= 15 is 0 Å². The van der Waals surface area contributed by atoms with E-state index in [1.807, 2.05) is 0 Å². The Kier molecular flexibility index (Phi) is 6.66. The summed E-state index contributed by atoms with van der Waals surface area (Å²) < 4.78 is 0. The molecule has 0 aliphatic carbocycles. The SMILES string of the molecule is CN(C)C(=O)[C@H]1C[C@@H](S[C@H]2C[C@H]([C@@H](CO)C(=O)O)NC2C(=O)O)CN1. The van der Waals surface area contributed by atoms with Gasteiger partial charge in [-0.2, -0.15) is 11.8 Å². The number of thioether (sulfide) groups is 1. The van der Waals surface area contributed by atoms with Crippen LogP contribution in [0.5, 0.6) is 0 Å². The standard InChI is InChI=1S/C15H25N3O6S/c1-18(2)13(20)10-3-7(5-16-10)25-11-4-9(8(6-19)14(21)22)17-12(11)15(23)24/h7-12,16-17,19H,3-6H2,1-2H3,(H,21,22)(H,23,24)/t7-,8-,9-,10-,11+,12?/m1/s1. The number of hydrogen-bond acceptors (Lipinski definition) is 7. The molecule has 1 amide bonds. The number of nitrogens with one attached hydrogen (secondary N) is 2. The molecule has 0 bridgehead atoms. The Balaban J connectivity index is 1.99. The lowest BCUT2D eigenvalue weighted by molar-refractivity contribution is -0.145. The number of carbonyl (C=O) groups excluding carboxylic acids is 1. The number of carbonyl (C=O) groups is 3. The zero-order chi connectivity index (χ0) is 18.7. The molecule has 0 aromatic rings. The van der Waals surface area contributed by atoms with Crippen molar-refractivity contribution in [3.8, 4) is 0 Å². The molecule has 25 heavy (non-hydrogen) atoms. The van der Waals surface area contributed by atoms with Gasteiger partial charge in [0, 0.05) is 37.2 Å². The number of carboxylic acids is 2. The van der Waals surface area contributed by atoms with E-state index in [9.17, 15) is 29.7 Å². The highest BCUT2D eigenvalue weighted by Crippen LogP contribution is 2.35. The molecule has 2 fully saturated rings. The summed E-state index contributed by atoms with van der Waals surface area (Å²) in [4.78, 5) is 36.3. The predicted molar refractivity (Wildman–Crippen MR) is 91.4 cm³/mol. The summed E-state index contributed by atoms with van der Waals surface area (Å²) in [7, 11) is 3.38. The van der Waals surface area contributed by atoms with Crippen molar-refractivity contribution >= 4 is 29.6 Å². The highest BCUT2D eigenvalue weighted by molar-refractivity contribution is 8.00. The third-order valence-electron chi connectivity index (χ3n) is 4.71. The van der Waals surface area contributed by atoms with E-state index < -0.39 is 36.5 Å². The summed E-state index contributed by atoms with van der Waals surface area (Å²) in [5.41, 5.74) is 0. The maximum atomic E-state index is 12.0. The van der Waals surface area contributed by atoms with E-state index in [1.54, 1.807) is 14.1 Å². The Labute approximate surface area is 150 Å². The number of amides is 1. The zero-order valence-electron chi connectivity index (χ0n) is 14.2. The second-order valence-electron chi connectivity index (χ2n) is 6.68. The van der Waals surface area contributed by atoms with Crippen molar-refractivity contribution in [3.63, 3.8) is 0 Å². The molecule has 0 spiro atoms. The van der Waals surface area contributed by atoms with Crippen LogP contribution in [0.25, 0.3) is 0 Å². The van der Waals surface area contributed by atoms with Gasteiger partial charge in [0.15, 0.2) is 0 Å². The molecule has 6 atom stereocenters. The summed E-state index contributed by atoms with van der Waals surface area (Å²) >= 11 is 1.48. The number of aliphatic carboxylic acids is 2. The van der Waals surface area contributed by atoms with E-state index in [2.05, 4.69) is 10.6 Å². The summed E-state index contributed by atoms with van der Waals surface area (Å²) in [6.45, 7) is 0.0614. The van der Waals surface area contributed by atoms with Gasteiger partial charge in [-0.15, -0.1) is 0 Å². The van der Waals surface area contributed by atoms with Crippen LogP contribution in [-0.4, -0.2) is 93.9 Å². The molecule has 2 aliphatic rings. The maximum Gasteiger partial charge on any atom is 0.321 e. The number of rotatable bonds is 7. The highest BCUT2D eigenvalue weighted by atomic mass is 32.2. The topological polar surface area (TPSA) is 139 Å². The molecule has 0 aromatic carbocycles. The van der Waals surface area contributed by atoms with Crippen LogP contribution < -0.4 is 10.6 Å². The van der Waals surface area contributed by atoms with Gasteiger partial charge in [0.1, 0.15) is 6.04 Å². The zero-order valence-corrected chi connectivity index (χ0v) is 15.0. The smallest absolute Gasteiger partial charge is 0.321 e. The fourth-order valence-corrected chi connectivity index (χ4v) is 5.03. The van der Waals surface area contributed by atoms with Crippen LogP contribution in [0.15, 0.2) is 0 Å². The molecule has 1 unspecified atom stereocenters. The lowest BCUT2D eigenvalue weighted by Crippen LogP contribution is -2.44. The number of aliphatic hydroxyl groups is 1. The van der Waals surface area contributed by atoms with E-state index in [1.165, 1.54) is 16.7 Å². The molecule has 2 aliphatic heterocycles. The minimum absolute atomic E-state index is 0.00784. The van der Waals surface area contributed by atoms with E-state index in [0.717, 1.165) is 0 Å². The van der Waals surface area contributed by atoms with Crippen molar-refractivity contribution in [2.24, 2.45) is 5.92 Å². The Morgan fingerprint density at radius 1 is 1.24 bits per heavy atom. The normalized spacial score (nSPS) is 33.2. The van der Waals surface area contributed by atoms with Gasteiger partial charge in [-0.1, -0.05) is 0 Å². The average molecular weight is 375 g/mol. The minimum Gasteiger partial charge on any atom is -0.481 e. The third-order valence-corrected chi connectivity index (χ3v) is 6.27. The first-order valence-electron chi connectivity index (χ1n) is 8.17. The fraction of sp³-hybridized carbons (Fsp3) is 0.800. The largest absolute Gasteiger partial charge is 0.481 e. The van der Waals surface area contributed by atoms with Crippen molar-refractivity contribution in [1.82, 2.24) is 15.5 Å². The predicted octanol–water partition coefficient (Wildman–Crippen LogP) is -1.58. The monoisotopic (exact) mass is 375 g/mol. The van der Waals surface area contributed by atoms with Crippen LogP contribution in [0.4, 0.5) is 0 Å². The lowest BCUT2D eigenvalue weighted by Gasteiger charge is -2.19. The van der Waals surface area contributed by atoms with Crippen molar-refractivity contribution in [2.45, 2.75) is 41.5 Å². The lowest BCUT2D eigenvalue weighted by atomic mass is 9.99. The van der Waals surface area contributed by atoms with E-state index in [0.29, 0.717) is 19.4 Å². The first kappa shape index (κ1) is 20.0. The second kappa shape index (κ2) is 8.35. The van der Waals surface area contributed by atoms with Gasteiger partial charge in [-0.3, -0.25) is 19.7 Å². The number of carboxylic acid groups (broad SMARTS) is 2. The van der Waals surface area contributed by atoms with Crippen molar-refractivity contribution < 1.29 is 29.7 Å². The fourth-order valence-electron chi connectivity index (χ4n) is 3.37. The summed E-state index contributed by atoms with van der Waals surface area (Å²) in [6.07, 6.45) is 0.958. The quantitative estimate of drug-likeness (QED) is 0.356. The van der Waals surface area contributed by atoms with Gasteiger partial charge >= 0.3 is 11.9 Å². The number of hydrogen-bond donors (Lipinski definition) is 5. The maximum absolute atomic E-state index is 12.0.